The first kappa shape index (κ1) is 12.6. The van der Waals surface area contributed by atoms with E-state index in [1.807, 2.05) is 24.5 Å². The molecule has 3 nitrogen and oxygen atoms in total. The third-order valence-corrected chi connectivity index (χ3v) is 4.51. The Balaban J connectivity index is 1.46. The number of hydrogen-bond donors (Lipinski definition) is 1. The molecule has 2 N–H and O–H groups in total. The summed E-state index contributed by atoms with van der Waals surface area (Å²) in [5, 5.41) is 0. The standard InChI is InChI=1S/C18H19N3/c19-15(10-14-9-13-5-1-2-6-16(13)14)11-21-12-20-17-7-3-4-8-18(17)21/h1-8,12,14-15H,9-11,19H2. The second kappa shape index (κ2) is 5.01. The van der Waals surface area contributed by atoms with E-state index in [1.54, 1.807) is 0 Å². The molecule has 4 rings (SSSR count). The Morgan fingerprint density at radius 2 is 1.95 bits per heavy atom. The molecule has 3 heteroatoms. The molecule has 1 aromatic heterocycles. The van der Waals surface area contributed by atoms with Gasteiger partial charge in [-0.3, -0.25) is 0 Å². The van der Waals surface area contributed by atoms with Crippen molar-refractivity contribution in [2.75, 3.05) is 0 Å². The third-order valence-electron chi connectivity index (χ3n) is 4.51. The van der Waals surface area contributed by atoms with Gasteiger partial charge in [-0.05, 0) is 42.0 Å². The first-order chi connectivity index (χ1) is 10.3. The van der Waals surface area contributed by atoms with Crippen molar-refractivity contribution in [2.45, 2.75) is 31.3 Å². The Morgan fingerprint density at radius 1 is 1.14 bits per heavy atom. The average molecular weight is 277 g/mol. The van der Waals surface area contributed by atoms with E-state index in [4.69, 9.17) is 5.73 Å². The number of hydrogen-bond acceptors (Lipinski definition) is 2. The lowest BCUT2D eigenvalue weighted by molar-refractivity contribution is 0.448. The highest BCUT2D eigenvalue weighted by molar-refractivity contribution is 5.74. The zero-order valence-corrected chi connectivity index (χ0v) is 11.9. The van der Waals surface area contributed by atoms with Gasteiger partial charge >= 0.3 is 0 Å². The summed E-state index contributed by atoms with van der Waals surface area (Å²) in [6.45, 7) is 0.833. The van der Waals surface area contributed by atoms with Gasteiger partial charge in [-0.2, -0.15) is 0 Å². The molecule has 21 heavy (non-hydrogen) atoms. The molecule has 1 heterocycles. The van der Waals surface area contributed by atoms with E-state index in [0.717, 1.165) is 18.5 Å². The van der Waals surface area contributed by atoms with E-state index in [1.165, 1.54) is 23.1 Å². The highest BCUT2D eigenvalue weighted by Crippen LogP contribution is 2.37. The van der Waals surface area contributed by atoms with Gasteiger partial charge in [-0.15, -0.1) is 0 Å². The summed E-state index contributed by atoms with van der Waals surface area (Å²) in [5.74, 6) is 0.631. The fraction of sp³-hybridized carbons (Fsp3) is 0.278. The second-order valence-electron chi connectivity index (χ2n) is 5.98. The van der Waals surface area contributed by atoms with Crippen LogP contribution < -0.4 is 5.73 Å². The minimum absolute atomic E-state index is 0.168. The maximum atomic E-state index is 6.37. The van der Waals surface area contributed by atoms with Crippen LogP contribution in [0, 0.1) is 0 Å². The van der Waals surface area contributed by atoms with Crippen LogP contribution in [0.1, 0.15) is 23.5 Å². The van der Waals surface area contributed by atoms with Gasteiger partial charge in [0, 0.05) is 12.6 Å². The number of fused-ring (bicyclic) bond motifs is 2. The molecule has 1 aliphatic carbocycles. The van der Waals surface area contributed by atoms with Crippen molar-refractivity contribution in [3.05, 3.63) is 66.0 Å². The maximum absolute atomic E-state index is 6.37. The summed E-state index contributed by atoms with van der Waals surface area (Å²) >= 11 is 0. The summed E-state index contributed by atoms with van der Waals surface area (Å²) < 4.78 is 2.17. The predicted octanol–water partition coefficient (Wildman–Crippen LogP) is 3.09. The Hall–Kier alpha value is -2.13. The molecular weight excluding hydrogens is 258 g/mol. The minimum Gasteiger partial charge on any atom is -0.329 e. The van der Waals surface area contributed by atoms with Crippen molar-refractivity contribution in [2.24, 2.45) is 5.73 Å². The van der Waals surface area contributed by atoms with E-state index < -0.39 is 0 Å². The number of benzene rings is 2. The van der Waals surface area contributed by atoms with Gasteiger partial charge in [-0.25, -0.2) is 4.98 Å². The van der Waals surface area contributed by atoms with Gasteiger partial charge in [0.25, 0.3) is 0 Å². The van der Waals surface area contributed by atoms with Crippen LogP contribution >= 0.6 is 0 Å². The van der Waals surface area contributed by atoms with Crippen LogP contribution in [-0.4, -0.2) is 15.6 Å². The van der Waals surface area contributed by atoms with Crippen molar-refractivity contribution < 1.29 is 0 Å². The summed E-state index contributed by atoms with van der Waals surface area (Å²) in [6, 6.07) is 17.1. The highest BCUT2D eigenvalue weighted by atomic mass is 15.1. The Morgan fingerprint density at radius 3 is 2.86 bits per heavy atom. The van der Waals surface area contributed by atoms with Crippen molar-refractivity contribution in [1.29, 1.82) is 0 Å². The molecule has 106 valence electrons. The van der Waals surface area contributed by atoms with Crippen LogP contribution in [0.3, 0.4) is 0 Å². The molecule has 0 spiro atoms. The van der Waals surface area contributed by atoms with Crippen molar-refractivity contribution in [3.63, 3.8) is 0 Å². The molecule has 0 saturated heterocycles. The van der Waals surface area contributed by atoms with Gasteiger partial charge < -0.3 is 10.3 Å². The molecule has 0 radical (unpaired) electrons. The SMILES string of the molecule is NC(CC1Cc2ccccc21)Cn1cnc2ccccc21. The smallest absolute Gasteiger partial charge is 0.0958 e. The zero-order chi connectivity index (χ0) is 14.2. The molecule has 0 fully saturated rings. The Kier molecular flexibility index (Phi) is 3.00. The molecule has 0 aliphatic heterocycles. The zero-order valence-electron chi connectivity index (χ0n) is 11.9. The van der Waals surface area contributed by atoms with Crippen LogP contribution in [-0.2, 0) is 13.0 Å². The van der Waals surface area contributed by atoms with Gasteiger partial charge in [-0.1, -0.05) is 36.4 Å². The summed E-state index contributed by atoms with van der Waals surface area (Å²) in [7, 11) is 0. The normalized spacial score (nSPS) is 18.2. The number of para-hydroxylation sites is 2. The van der Waals surface area contributed by atoms with Crippen LogP contribution in [0.2, 0.25) is 0 Å². The number of rotatable bonds is 4. The highest BCUT2D eigenvalue weighted by Gasteiger charge is 2.27. The van der Waals surface area contributed by atoms with Crippen molar-refractivity contribution in [3.8, 4) is 0 Å². The minimum atomic E-state index is 0.168. The lowest BCUT2D eigenvalue weighted by atomic mass is 9.74. The Bertz CT molecular complexity index is 775. The maximum Gasteiger partial charge on any atom is 0.0958 e. The first-order valence-electron chi connectivity index (χ1n) is 7.54. The largest absolute Gasteiger partial charge is 0.329 e. The fourth-order valence-electron chi connectivity index (χ4n) is 3.42. The van der Waals surface area contributed by atoms with E-state index >= 15 is 0 Å². The summed E-state index contributed by atoms with van der Waals surface area (Å²) in [5.41, 5.74) is 11.6. The van der Waals surface area contributed by atoms with E-state index in [-0.39, 0.29) is 6.04 Å². The number of nitrogens with zero attached hydrogens (tertiary/aromatic N) is 2. The molecule has 2 unspecified atom stereocenters. The van der Waals surface area contributed by atoms with Gasteiger partial charge in [0.15, 0.2) is 0 Å². The molecular formula is C18H19N3. The van der Waals surface area contributed by atoms with Crippen LogP contribution in [0.25, 0.3) is 11.0 Å². The van der Waals surface area contributed by atoms with Gasteiger partial charge in [0.1, 0.15) is 0 Å². The van der Waals surface area contributed by atoms with E-state index in [2.05, 4.69) is 39.9 Å². The van der Waals surface area contributed by atoms with Crippen molar-refractivity contribution in [1.82, 2.24) is 9.55 Å². The average Bonchev–Trinajstić information content (AvgIpc) is 2.88. The van der Waals surface area contributed by atoms with Crippen LogP contribution in [0.15, 0.2) is 54.9 Å². The van der Waals surface area contributed by atoms with E-state index in [0.29, 0.717) is 5.92 Å². The summed E-state index contributed by atoms with van der Waals surface area (Å²) in [6.07, 6.45) is 4.12. The molecule has 2 aromatic carbocycles. The molecule has 0 bridgehead atoms. The lowest BCUT2D eigenvalue weighted by Gasteiger charge is -2.32. The van der Waals surface area contributed by atoms with Crippen LogP contribution in [0.5, 0.6) is 0 Å². The second-order valence-corrected chi connectivity index (χ2v) is 5.98. The quantitative estimate of drug-likeness (QED) is 0.796. The fourth-order valence-corrected chi connectivity index (χ4v) is 3.42. The first-order valence-corrected chi connectivity index (χ1v) is 7.54. The number of imidazole rings is 1. The van der Waals surface area contributed by atoms with E-state index in [9.17, 15) is 0 Å². The monoisotopic (exact) mass is 277 g/mol. The third kappa shape index (κ3) is 2.24. The Labute approximate surface area is 124 Å². The molecule has 0 saturated carbocycles. The predicted molar refractivity (Wildman–Crippen MR) is 85.2 cm³/mol. The number of aromatic nitrogens is 2. The molecule has 2 atom stereocenters. The topological polar surface area (TPSA) is 43.8 Å². The van der Waals surface area contributed by atoms with Gasteiger partial charge in [0.05, 0.1) is 17.4 Å². The number of nitrogens with two attached hydrogens (primary N) is 1. The molecule has 1 aliphatic rings. The molecule has 0 amide bonds. The molecule has 3 aromatic rings. The van der Waals surface area contributed by atoms with Crippen LogP contribution in [0.4, 0.5) is 0 Å². The lowest BCUT2D eigenvalue weighted by Crippen LogP contribution is -2.31. The summed E-state index contributed by atoms with van der Waals surface area (Å²) in [4.78, 5) is 4.43. The van der Waals surface area contributed by atoms with Crippen molar-refractivity contribution >= 4 is 11.0 Å². The van der Waals surface area contributed by atoms with Gasteiger partial charge in [0.2, 0.25) is 0 Å².